The molecule has 4 aromatic carbocycles. The van der Waals surface area contributed by atoms with Gasteiger partial charge in [-0.25, -0.2) is 0 Å². The predicted molar refractivity (Wildman–Crippen MR) is 234 cm³/mol. The highest BCUT2D eigenvalue weighted by Crippen LogP contribution is 2.53. The van der Waals surface area contributed by atoms with Crippen LogP contribution >= 0.6 is 23.2 Å². The van der Waals surface area contributed by atoms with E-state index in [1.54, 1.807) is 0 Å². The summed E-state index contributed by atoms with van der Waals surface area (Å²) in [6.07, 6.45) is 3.71. The van der Waals surface area contributed by atoms with Crippen molar-refractivity contribution in [3.63, 3.8) is 0 Å². The van der Waals surface area contributed by atoms with E-state index in [2.05, 4.69) is 144 Å². The Morgan fingerprint density at radius 2 is 1.48 bits per heavy atom. The van der Waals surface area contributed by atoms with E-state index >= 15 is 4.79 Å². The third kappa shape index (κ3) is 9.34. The number of benzene rings is 4. The molecular formula is C46H59Cl2NO3Si2. The second-order valence-electron chi connectivity index (χ2n) is 17.2. The summed E-state index contributed by atoms with van der Waals surface area (Å²) in [6.45, 7) is 21.6. The molecule has 0 aromatic heterocycles. The molecule has 0 N–H and O–H groups in total. The fraction of sp³-hybridized carbons (Fsp3) is 0.413. The number of hydrogen-bond donors (Lipinski definition) is 0. The maximum Gasteiger partial charge on any atom is 0.261 e. The fourth-order valence-corrected chi connectivity index (χ4v) is 14.0. The van der Waals surface area contributed by atoms with E-state index in [9.17, 15) is 0 Å². The van der Waals surface area contributed by atoms with Crippen LogP contribution in [0.5, 0.6) is 0 Å². The maximum absolute atomic E-state index is 15.7. The first-order chi connectivity index (χ1) is 25.7. The molecule has 1 aliphatic heterocycles. The van der Waals surface area contributed by atoms with Crippen LogP contribution in [0.2, 0.25) is 40.8 Å². The van der Waals surface area contributed by atoms with Gasteiger partial charge in [0.15, 0.2) is 0 Å². The topological polar surface area (TPSA) is 38.8 Å². The lowest BCUT2D eigenvalue weighted by Gasteiger charge is -2.53. The molecule has 1 fully saturated rings. The van der Waals surface area contributed by atoms with Crippen LogP contribution in [0.3, 0.4) is 0 Å². The first kappa shape index (κ1) is 42.2. The van der Waals surface area contributed by atoms with Gasteiger partial charge in [-0.3, -0.25) is 4.79 Å². The summed E-state index contributed by atoms with van der Waals surface area (Å²) in [6, 6.07) is 38.1. The third-order valence-electron chi connectivity index (χ3n) is 11.2. The summed E-state index contributed by atoms with van der Waals surface area (Å²) in [5, 5.41) is 3.55. The fourth-order valence-electron chi connectivity index (χ4n) is 8.35. The number of rotatable bonds is 16. The molecule has 0 spiro atoms. The minimum Gasteiger partial charge on any atom is -0.405 e. The van der Waals surface area contributed by atoms with Gasteiger partial charge in [0, 0.05) is 30.6 Å². The number of nitrogens with zero attached hydrogens (tertiary/aromatic N) is 1. The Morgan fingerprint density at radius 3 is 2.00 bits per heavy atom. The van der Waals surface area contributed by atoms with Crippen LogP contribution in [0.1, 0.15) is 70.0 Å². The molecule has 0 bridgehead atoms. The molecule has 0 saturated carbocycles. The second kappa shape index (κ2) is 17.9. The molecular weight excluding hydrogens is 742 g/mol. The van der Waals surface area contributed by atoms with E-state index in [0.29, 0.717) is 49.1 Å². The van der Waals surface area contributed by atoms with Gasteiger partial charge in [-0.1, -0.05) is 162 Å². The van der Waals surface area contributed by atoms with Crippen molar-refractivity contribution in [1.29, 1.82) is 0 Å². The van der Waals surface area contributed by atoms with Crippen molar-refractivity contribution < 1.29 is 14.0 Å². The summed E-state index contributed by atoms with van der Waals surface area (Å²) >= 11 is 13.2. The van der Waals surface area contributed by atoms with Crippen LogP contribution in [0.4, 0.5) is 0 Å². The van der Waals surface area contributed by atoms with Gasteiger partial charge in [0.25, 0.3) is 8.32 Å². The molecule has 1 amide bonds. The van der Waals surface area contributed by atoms with Gasteiger partial charge in [0.05, 0.1) is 30.7 Å². The predicted octanol–water partition coefficient (Wildman–Crippen LogP) is 11.3. The highest BCUT2D eigenvalue weighted by Gasteiger charge is 2.55. The van der Waals surface area contributed by atoms with Crippen molar-refractivity contribution in [3.05, 3.63) is 143 Å². The zero-order valence-electron chi connectivity index (χ0n) is 33.3. The van der Waals surface area contributed by atoms with Gasteiger partial charge in [-0.15, -0.1) is 6.58 Å². The molecule has 54 heavy (non-hydrogen) atoms. The largest absolute Gasteiger partial charge is 0.405 e. The molecule has 1 heterocycles. The van der Waals surface area contributed by atoms with Crippen LogP contribution in [-0.4, -0.2) is 53.1 Å². The Morgan fingerprint density at radius 1 is 0.870 bits per heavy atom. The number of ether oxygens (including phenoxy) is 1. The van der Waals surface area contributed by atoms with Crippen LogP contribution in [-0.2, 0) is 14.0 Å². The zero-order chi connectivity index (χ0) is 39.1. The van der Waals surface area contributed by atoms with Gasteiger partial charge < -0.3 is 14.1 Å². The van der Waals surface area contributed by atoms with Crippen LogP contribution in [0, 0.1) is 5.41 Å². The van der Waals surface area contributed by atoms with Crippen molar-refractivity contribution in [1.82, 2.24) is 4.90 Å². The molecule has 288 valence electrons. The van der Waals surface area contributed by atoms with Gasteiger partial charge in [0.2, 0.25) is 5.91 Å². The number of halogens is 2. The third-order valence-corrected chi connectivity index (χ3v) is 18.3. The number of hydrogen-bond acceptors (Lipinski definition) is 3. The Kier molecular flexibility index (Phi) is 14.0. The number of amides is 1. The van der Waals surface area contributed by atoms with Gasteiger partial charge in [-0.05, 0) is 76.1 Å². The maximum atomic E-state index is 15.7. The van der Waals surface area contributed by atoms with E-state index in [1.165, 1.54) is 10.4 Å². The molecule has 8 heteroatoms. The van der Waals surface area contributed by atoms with Gasteiger partial charge in [-0.2, -0.15) is 0 Å². The molecule has 4 atom stereocenters. The Labute approximate surface area is 337 Å². The normalized spacial score (nSPS) is 20.2. The number of piperidine rings is 1. The van der Waals surface area contributed by atoms with Crippen LogP contribution < -0.4 is 10.4 Å². The standard InChI is InChI=1S/C46H59Cl2NO3Si2/c1-9-28-46(34-51-29-30-53(6,7)8)32-42(36-18-17-19-38(48)31-36)43(35-24-26-37(47)27-25-35)49(44(46)50)39(10-2)33-52-54(45(3,4)5,40-20-13-11-14-21-40)41-22-15-12-16-23-41/h9,11-27,31,39,42-43H,1,10,28-30,32-34H2,2-8H3/t39-,42+,43+,46+/m0/s1. The SMILES string of the molecule is C=CC[C@]1(COCC[Si](C)(C)C)C[C@H](c2cccc(Cl)c2)[C@@H](c2ccc(Cl)cc2)N([C@@H](CC)CO[Si](c2ccccc2)(c2ccccc2)C(C)(C)C)C1=O. The van der Waals surface area contributed by atoms with Crippen molar-refractivity contribution in [2.24, 2.45) is 5.41 Å². The molecule has 0 aliphatic carbocycles. The average molecular weight is 801 g/mol. The minimum atomic E-state index is -2.92. The highest BCUT2D eigenvalue weighted by atomic mass is 35.5. The number of carbonyl (C=O) groups is 1. The molecule has 4 aromatic rings. The number of allylic oxidation sites excluding steroid dienone is 1. The first-order valence-corrected chi connectivity index (χ1v) is 25.8. The summed E-state index contributed by atoms with van der Waals surface area (Å²) in [5.74, 6) is 0.0107. The quantitative estimate of drug-likeness (QED) is 0.0644. The molecule has 1 aliphatic rings. The monoisotopic (exact) mass is 799 g/mol. The first-order valence-electron chi connectivity index (χ1n) is 19.4. The van der Waals surface area contributed by atoms with E-state index < -0.39 is 21.8 Å². The van der Waals surface area contributed by atoms with Crippen LogP contribution in [0.25, 0.3) is 0 Å². The highest BCUT2D eigenvalue weighted by molar-refractivity contribution is 6.99. The van der Waals surface area contributed by atoms with Crippen molar-refractivity contribution in [2.45, 2.75) is 95.7 Å². The van der Waals surface area contributed by atoms with Gasteiger partial charge in [0.1, 0.15) is 0 Å². The molecule has 0 unspecified atom stereocenters. The summed E-state index contributed by atoms with van der Waals surface area (Å²) < 4.78 is 14.2. The summed E-state index contributed by atoms with van der Waals surface area (Å²) in [5.41, 5.74) is 1.31. The van der Waals surface area contributed by atoms with E-state index in [-0.39, 0.29) is 28.9 Å². The number of likely N-dealkylation sites (tertiary alicyclic amines) is 1. The zero-order valence-corrected chi connectivity index (χ0v) is 36.8. The van der Waals surface area contributed by atoms with Crippen molar-refractivity contribution >= 4 is 55.9 Å². The average Bonchev–Trinajstić information content (AvgIpc) is 3.13. The van der Waals surface area contributed by atoms with Gasteiger partial charge >= 0.3 is 0 Å². The molecule has 5 rings (SSSR count). The minimum absolute atomic E-state index is 0.0787. The molecule has 0 radical (unpaired) electrons. The number of carbonyl (C=O) groups excluding carboxylic acids is 1. The van der Waals surface area contributed by atoms with Crippen LogP contribution in [0.15, 0.2) is 122 Å². The van der Waals surface area contributed by atoms with Crippen molar-refractivity contribution in [3.8, 4) is 0 Å². The Hall–Kier alpha value is -2.98. The summed E-state index contributed by atoms with van der Waals surface area (Å²) in [7, 11) is -4.27. The lowest BCUT2D eigenvalue weighted by molar-refractivity contribution is -0.162. The Balaban J connectivity index is 1.68. The van der Waals surface area contributed by atoms with Crippen molar-refractivity contribution in [2.75, 3.05) is 19.8 Å². The summed E-state index contributed by atoms with van der Waals surface area (Å²) in [4.78, 5) is 17.9. The molecule has 1 saturated heterocycles. The lowest BCUT2D eigenvalue weighted by atomic mass is 9.66. The Bertz CT molecular complexity index is 1790. The second-order valence-corrected chi connectivity index (χ2v) is 28.0. The van der Waals surface area contributed by atoms with E-state index in [1.807, 2.05) is 30.3 Å². The van der Waals surface area contributed by atoms with E-state index in [4.69, 9.17) is 32.4 Å². The lowest BCUT2D eigenvalue weighted by Crippen LogP contribution is -2.68. The van der Waals surface area contributed by atoms with E-state index in [0.717, 1.165) is 17.2 Å². The smallest absolute Gasteiger partial charge is 0.261 e. The molecule has 4 nitrogen and oxygen atoms in total.